The van der Waals surface area contributed by atoms with Crippen molar-refractivity contribution in [3.05, 3.63) is 45.9 Å². The van der Waals surface area contributed by atoms with Crippen molar-refractivity contribution in [1.29, 1.82) is 0 Å². The molecule has 5 nitrogen and oxygen atoms in total. The molecule has 0 unspecified atom stereocenters. The Labute approximate surface area is 142 Å². The molecule has 0 spiro atoms. The number of carbonyl (C=O) groups excluding carboxylic acids is 1. The number of benzene rings is 1. The summed E-state index contributed by atoms with van der Waals surface area (Å²) < 4.78 is 5.09. The quantitative estimate of drug-likeness (QED) is 0.747. The van der Waals surface area contributed by atoms with Crippen LogP contribution in [0, 0.1) is 6.92 Å². The maximum Gasteiger partial charge on any atom is 0.267 e. The van der Waals surface area contributed by atoms with Gasteiger partial charge in [0.25, 0.3) is 5.91 Å². The van der Waals surface area contributed by atoms with Gasteiger partial charge in [-0.1, -0.05) is 11.6 Å². The first-order chi connectivity index (χ1) is 11.0. The van der Waals surface area contributed by atoms with Gasteiger partial charge in [0.2, 0.25) is 0 Å². The maximum absolute atomic E-state index is 12.5. The van der Waals surface area contributed by atoms with Crippen LogP contribution in [0.1, 0.15) is 15.4 Å². The number of fused-ring (bicyclic) bond motifs is 1. The van der Waals surface area contributed by atoms with E-state index in [1.165, 1.54) is 18.4 Å². The highest BCUT2D eigenvalue weighted by atomic mass is 35.5. The fraction of sp³-hybridized carbons (Fsp3) is 0.125. The Morgan fingerprint density at radius 2 is 2.13 bits per heavy atom. The van der Waals surface area contributed by atoms with Gasteiger partial charge in [0.1, 0.15) is 15.5 Å². The molecule has 1 aromatic carbocycles. The van der Waals surface area contributed by atoms with Crippen LogP contribution in [0.25, 0.3) is 10.2 Å². The van der Waals surface area contributed by atoms with Gasteiger partial charge in [-0.25, -0.2) is 4.98 Å². The highest BCUT2D eigenvalue weighted by Gasteiger charge is 2.17. The number of pyridine rings is 1. The first-order valence-corrected chi connectivity index (χ1v) is 7.99. The Bertz CT molecular complexity index is 908. The van der Waals surface area contributed by atoms with Gasteiger partial charge in [-0.05, 0) is 37.3 Å². The fourth-order valence-electron chi connectivity index (χ4n) is 2.19. The van der Waals surface area contributed by atoms with E-state index in [1.54, 1.807) is 18.2 Å². The van der Waals surface area contributed by atoms with E-state index in [4.69, 9.17) is 22.1 Å². The summed E-state index contributed by atoms with van der Waals surface area (Å²) in [6.07, 6.45) is 0. The van der Waals surface area contributed by atoms with Gasteiger partial charge in [-0.3, -0.25) is 4.79 Å². The zero-order valence-electron chi connectivity index (χ0n) is 12.5. The molecule has 118 valence electrons. The van der Waals surface area contributed by atoms with Gasteiger partial charge in [-0.2, -0.15) is 0 Å². The summed E-state index contributed by atoms with van der Waals surface area (Å²) in [4.78, 5) is 18.1. The van der Waals surface area contributed by atoms with E-state index in [0.29, 0.717) is 27.0 Å². The van der Waals surface area contributed by atoms with Crippen molar-refractivity contribution in [1.82, 2.24) is 4.98 Å². The fourth-order valence-corrected chi connectivity index (χ4v) is 3.48. The zero-order chi connectivity index (χ0) is 16.6. The van der Waals surface area contributed by atoms with Gasteiger partial charge in [-0.15, -0.1) is 11.3 Å². The zero-order valence-corrected chi connectivity index (χ0v) is 14.1. The normalized spacial score (nSPS) is 10.7. The topological polar surface area (TPSA) is 77.2 Å². The predicted molar refractivity (Wildman–Crippen MR) is 94.7 cm³/mol. The largest absolute Gasteiger partial charge is 0.495 e. The summed E-state index contributed by atoms with van der Waals surface area (Å²) in [6, 6.07) is 8.79. The van der Waals surface area contributed by atoms with Gasteiger partial charge >= 0.3 is 0 Å². The number of hydrogen-bond acceptors (Lipinski definition) is 5. The Balaban J connectivity index is 1.91. The number of thiophene rings is 1. The molecule has 2 aromatic heterocycles. The summed E-state index contributed by atoms with van der Waals surface area (Å²) in [5, 5.41) is 4.00. The predicted octanol–water partition coefficient (Wildman–Crippen LogP) is 4.10. The number of methoxy groups -OCH3 is 1. The summed E-state index contributed by atoms with van der Waals surface area (Å²) >= 11 is 7.33. The summed E-state index contributed by atoms with van der Waals surface area (Å²) in [7, 11) is 1.53. The number of rotatable bonds is 3. The molecule has 0 radical (unpaired) electrons. The number of carbonyl (C=O) groups is 1. The third kappa shape index (κ3) is 2.95. The third-order valence-electron chi connectivity index (χ3n) is 3.35. The van der Waals surface area contributed by atoms with Crippen LogP contribution in [0.15, 0.2) is 30.3 Å². The molecule has 0 aliphatic carbocycles. The minimum atomic E-state index is -0.288. The first kappa shape index (κ1) is 15.6. The van der Waals surface area contributed by atoms with Crippen LogP contribution in [0.2, 0.25) is 5.02 Å². The number of anilines is 2. The molecule has 7 heteroatoms. The van der Waals surface area contributed by atoms with Gasteiger partial charge in [0, 0.05) is 16.8 Å². The van der Waals surface area contributed by atoms with E-state index in [-0.39, 0.29) is 5.91 Å². The highest BCUT2D eigenvalue weighted by molar-refractivity contribution is 7.21. The second-order valence-electron chi connectivity index (χ2n) is 4.95. The summed E-state index contributed by atoms with van der Waals surface area (Å²) in [6.45, 7) is 1.90. The molecule has 0 saturated carbocycles. The SMILES string of the molecule is COc1ccc(NC(=O)c2sc3nc(C)ccc3c2N)cc1Cl. The number of aromatic nitrogens is 1. The van der Waals surface area contributed by atoms with E-state index in [1.807, 2.05) is 19.1 Å². The molecule has 0 aliphatic rings. The molecule has 0 fully saturated rings. The van der Waals surface area contributed by atoms with Crippen LogP contribution in [-0.4, -0.2) is 18.0 Å². The van der Waals surface area contributed by atoms with Crippen LogP contribution in [-0.2, 0) is 0 Å². The molecule has 3 rings (SSSR count). The second-order valence-corrected chi connectivity index (χ2v) is 6.36. The number of nitrogen functional groups attached to an aromatic ring is 1. The lowest BCUT2D eigenvalue weighted by Gasteiger charge is -2.07. The van der Waals surface area contributed by atoms with Crippen molar-refractivity contribution in [2.75, 3.05) is 18.2 Å². The first-order valence-electron chi connectivity index (χ1n) is 6.80. The lowest BCUT2D eigenvalue weighted by atomic mass is 10.2. The average molecular weight is 348 g/mol. The molecule has 0 bridgehead atoms. The van der Waals surface area contributed by atoms with Crippen LogP contribution in [0.4, 0.5) is 11.4 Å². The number of aryl methyl sites for hydroxylation is 1. The average Bonchev–Trinajstić information content (AvgIpc) is 2.84. The lowest BCUT2D eigenvalue weighted by Crippen LogP contribution is -2.11. The van der Waals surface area contributed by atoms with Gasteiger partial charge < -0.3 is 15.8 Å². The summed E-state index contributed by atoms with van der Waals surface area (Å²) in [5.74, 6) is 0.259. The Hall–Kier alpha value is -2.31. The number of nitrogens with two attached hydrogens (primary N) is 1. The smallest absolute Gasteiger partial charge is 0.267 e. The van der Waals surface area contributed by atoms with Crippen LogP contribution < -0.4 is 15.8 Å². The number of nitrogens with one attached hydrogen (secondary N) is 1. The lowest BCUT2D eigenvalue weighted by molar-refractivity contribution is 0.103. The van der Waals surface area contributed by atoms with E-state index >= 15 is 0 Å². The van der Waals surface area contributed by atoms with E-state index < -0.39 is 0 Å². The summed E-state index contributed by atoms with van der Waals surface area (Å²) in [5.41, 5.74) is 7.98. The minimum Gasteiger partial charge on any atom is -0.495 e. The minimum absolute atomic E-state index is 0.288. The molecule has 23 heavy (non-hydrogen) atoms. The van der Waals surface area contributed by atoms with Crippen molar-refractivity contribution < 1.29 is 9.53 Å². The second kappa shape index (κ2) is 6.06. The molecule has 1 amide bonds. The Morgan fingerprint density at radius 3 is 2.83 bits per heavy atom. The van der Waals surface area contributed by atoms with E-state index in [9.17, 15) is 4.79 Å². The molecule has 0 atom stereocenters. The number of hydrogen-bond donors (Lipinski definition) is 2. The van der Waals surface area contributed by atoms with Crippen molar-refractivity contribution in [3.8, 4) is 5.75 Å². The third-order valence-corrected chi connectivity index (χ3v) is 4.76. The van der Waals surface area contributed by atoms with Crippen molar-refractivity contribution in [2.45, 2.75) is 6.92 Å². The Morgan fingerprint density at radius 1 is 1.35 bits per heavy atom. The molecule has 2 heterocycles. The monoisotopic (exact) mass is 347 g/mol. The van der Waals surface area contributed by atoms with Crippen molar-refractivity contribution in [2.24, 2.45) is 0 Å². The molecule has 3 aromatic rings. The molecule has 0 saturated heterocycles. The molecule has 3 N–H and O–H groups in total. The molecular formula is C16H14ClN3O2S. The Kier molecular flexibility index (Phi) is 4.11. The highest BCUT2D eigenvalue weighted by Crippen LogP contribution is 2.33. The number of nitrogens with zero attached hydrogens (tertiary/aromatic N) is 1. The van der Waals surface area contributed by atoms with Crippen molar-refractivity contribution >= 4 is 50.4 Å². The number of halogens is 1. The van der Waals surface area contributed by atoms with Crippen LogP contribution >= 0.6 is 22.9 Å². The van der Waals surface area contributed by atoms with E-state index in [2.05, 4.69) is 10.3 Å². The van der Waals surface area contributed by atoms with Crippen LogP contribution in [0.3, 0.4) is 0 Å². The number of amides is 1. The number of ether oxygens (including phenoxy) is 1. The maximum atomic E-state index is 12.5. The van der Waals surface area contributed by atoms with Crippen molar-refractivity contribution in [3.63, 3.8) is 0 Å². The van der Waals surface area contributed by atoms with Gasteiger partial charge in [0.05, 0.1) is 17.8 Å². The molecule has 0 aliphatic heterocycles. The standard InChI is InChI=1S/C16H14ClN3O2S/c1-8-3-5-10-13(18)14(23-16(10)19-8)15(21)20-9-4-6-12(22-2)11(17)7-9/h3-7H,18H2,1-2H3,(H,20,21). The van der Waals surface area contributed by atoms with Gasteiger partial charge in [0.15, 0.2) is 0 Å². The van der Waals surface area contributed by atoms with Crippen LogP contribution in [0.5, 0.6) is 5.75 Å². The molecular weight excluding hydrogens is 334 g/mol. The van der Waals surface area contributed by atoms with E-state index in [0.717, 1.165) is 15.9 Å².